The molecule has 0 spiro atoms. The molecular weight excluding hydrogens is 318 g/mol. The van der Waals surface area contributed by atoms with Crippen LogP contribution >= 0.6 is 0 Å². The average Bonchev–Trinajstić information content (AvgIpc) is 3.05. The van der Waals surface area contributed by atoms with Crippen LogP contribution in [0, 0.1) is 5.92 Å². The molecule has 6 heteroatoms. The molecule has 0 atom stereocenters. The minimum Gasteiger partial charge on any atom is -0.352 e. The quantitative estimate of drug-likeness (QED) is 0.830. The van der Waals surface area contributed by atoms with Crippen molar-refractivity contribution in [3.63, 3.8) is 0 Å². The van der Waals surface area contributed by atoms with Crippen LogP contribution in [0.25, 0.3) is 0 Å². The number of carbonyl (C=O) groups excluding carboxylic acids is 2. The summed E-state index contributed by atoms with van der Waals surface area (Å²) in [6, 6.07) is 0.160. The van der Waals surface area contributed by atoms with Gasteiger partial charge in [-0.05, 0) is 32.6 Å². The van der Waals surface area contributed by atoms with Crippen LogP contribution in [0.5, 0.6) is 0 Å². The molecule has 0 unspecified atom stereocenters. The fourth-order valence-electron chi connectivity index (χ4n) is 2.94. The number of hydrogen-bond acceptors (Lipinski definition) is 3. The lowest BCUT2D eigenvalue weighted by Crippen LogP contribution is -2.39. The molecule has 1 aromatic rings. The Morgan fingerprint density at radius 2 is 1.64 bits per heavy atom. The number of amides is 2. The maximum absolute atomic E-state index is 12.7. The molecule has 1 saturated carbocycles. The molecule has 1 aliphatic rings. The molecule has 25 heavy (non-hydrogen) atoms. The van der Waals surface area contributed by atoms with Crippen LogP contribution in [-0.4, -0.2) is 29.0 Å². The minimum atomic E-state index is -0.506. The van der Waals surface area contributed by atoms with E-state index in [1.807, 2.05) is 27.7 Å². The van der Waals surface area contributed by atoms with Gasteiger partial charge in [0.25, 0.3) is 11.8 Å². The second-order valence-corrected chi connectivity index (χ2v) is 7.51. The van der Waals surface area contributed by atoms with E-state index in [2.05, 4.69) is 10.6 Å². The summed E-state index contributed by atoms with van der Waals surface area (Å²) in [5.41, 5.74) is -0.445. The van der Waals surface area contributed by atoms with Crippen molar-refractivity contribution in [1.29, 1.82) is 0 Å². The first-order valence-electron chi connectivity index (χ1n) is 9.14. The van der Waals surface area contributed by atoms with E-state index < -0.39 is 11.3 Å². The zero-order valence-corrected chi connectivity index (χ0v) is 15.6. The van der Waals surface area contributed by atoms with Crippen molar-refractivity contribution in [3.8, 4) is 0 Å². The van der Waals surface area contributed by atoms with Crippen molar-refractivity contribution in [2.24, 2.45) is 5.92 Å². The lowest BCUT2D eigenvalue weighted by molar-refractivity contribution is 0.0935. The minimum absolute atomic E-state index is 0.0217. The van der Waals surface area contributed by atoms with Crippen molar-refractivity contribution in [2.45, 2.75) is 65.5 Å². The molecule has 2 N–H and O–H groups in total. The van der Waals surface area contributed by atoms with Gasteiger partial charge in [0.05, 0.1) is 0 Å². The Balaban J connectivity index is 2.33. The summed E-state index contributed by atoms with van der Waals surface area (Å²) < 4.78 is 1.75. The highest BCUT2D eigenvalue weighted by Gasteiger charge is 2.23. The molecule has 0 aliphatic heterocycles. The van der Waals surface area contributed by atoms with E-state index in [-0.39, 0.29) is 35.0 Å². The topological polar surface area (TPSA) is 80.2 Å². The fraction of sp³-hybridized carbons (Fsp3) is 0.632. The van der Waals surface area contributed by atoms with E-state index in [4.69, 9.17) is 0 Å². The van der Waals surface area contributed by atoms with Gasteiger partial charge in [0, 0.05) is 31.0 Å². The summed E-state index contributed by atoms with van der Waals surface area (Å²) >= 11 is 0. The molecule has 0 aromatic carbocycles. The Labute approximate surface area is 149 Å². The number of nitrogens with one attached hydrogen (secondary N) is 2. The van der Waals surface area contributed by atoms with Gasteiger partial charge in [-0.1, -0.05) is 26.7 Å². The third kappa shape index (κ3) is 4.94. The third-order valence-corrected chi connectivity index (χ3v) is 4.49. The van der Waals surface area contributed by atoms with Gasteiger partial charge in [-0.2, -0.15) is 0 Å². The van der Waals surface area contributed by atoms with E-state index in [1.54, 1.807) is 10.8 Å². The predicted octanol–water partition coefficient (Wildman–Crippen LogP) is 2.49. The molecule has 138 valence electrons. The molecule has 1 aliphatic carbocycles. The molecule has 0 bridgehead atoms. The van der Waals surface area contributed by atoms with Crippen LogP contribution < -0.4 is 16.1 Å². The van der Waals surface area contributed by atoms with Gasteiger partial charge >= 0.3 is 0 Å². The van der Waals surface area contributed by atoms with E-state index in [9.17, 15) is 14.4 Å². The Kier molecular flexibility index (Phi) is 6.39. The number of hydrogen-bond donors (Lipinski definition) is 2. The summed E-state index contributed by atoms with van der Waals surface area (Å²) in [4.78, 5) is 37.7. The predicted molar refractivity (Wildman–Crippen MR) is 98.0 cm³/mol. The highest BCUT2D eigenvalue weighted by molar-refractivity contribution is 5.99. The molecule has 0 saturated heterocycles. The Bertz CT molecular complexity index is 686. The van der Waals surface area contributed by atoms with Crippen LogP contribution in [0.1, 0.15) is 80.1 Å². The summed E-state index contributed by atoms with van der Waals surface area (Å²) in [5.74, 6) is -0.529. The van der Waals surface area contributed by atoms with Crippen LogP contribution in [0.4, 0.5) is 0 Å². The second-order valence-electron chi connectivity index (χ2n) is 7.51. The molecule has 1 fully saturated rings. The summed E-state index contributed by atoms with van der Waals surface area (Å²) in [5, 5.41) is 5.70. The lowest BCUT2D eigenvalue weighted by atomic mass is 10.1. The molecule has 0 radical (unpaired) electrons. The summed E-state index contributed by atoms with van der Waals surface area (Å²) in [7, 11) is 0. The zero-order chi connectivity index (χ0) is 18.6. The zero-order valence-electron chi connectivity index (χ0n) is 15.6. The molecule has 6 nitrogen and oxygen atoms in total. The van der Waals surface area contributed by atoms with Crippen molar-refractivity contribution < 1.29 is 9.59 Å². The van der Waals surface area contributed by atoms with Crippen LogP contribution in [-0.2, 0) is 0 Å². The van der Waals surface area contributed by atoms with Gasteiger partial charge in [0.2, 0.25) is 5.43 Å². The van der Waals surface area contributed by atoms with Crippen LogP contribution in [0.2, 0.25) is 0 Å². The maximum atomic E-state index is 12.7. The first-order valence-corrected chi connectivity index (χ1v) is 9.14. The molecular formula is C19H29N3O3. The van der Waals surface area contributed by atoms with E-state index >= 15 is 0 Å². The van der Waals surface area contributed by atoms with Crippen LogP contribution in [0.15, 0.2) is 17.2 Å². The highest BCUT2D eigenvalue weighted by Crippen LogP contribution is 2.18. The smallest absolute Gasteiger partial charge is 0.256 e. The molecule has 1 heterocycles. The van der Waals surface area contributed by atoms with Crippen molar-refractivity contribution in [2.75, 3.05) is 6.54 Å². The van der Waals surface area contributed by atoms with Crippen molar-refractivity contribution in [3.05, 3.63) is 33.7 Å². The summed E-state index contributed by atoms with van der Waals surface area (Å²) in [6.45, 7) is 8.34. The number of pyridine rings is 1. The Hall–Kier alpha value is -2.11. The number of carbonyl (C=O) groups is 2. The number of nitrogens with zero attached hydrogens (tertiary/aromatic N) is 1. The second kappa shape index (κ2) is 8.32. The SMILES string of the molecule is CC(C)CNC(=O)c1cn(C(C)C)cc(C(=O)NC2CCCC2)c1=O. The van der Waals surface area contributed by atoms with E-state index in [0.29, 0.717) is 6.54 Å². The number of rotatable bonds is 6. The van der Waals surface area contributed by atoms with Gasteiger partial charge in [0.1, 0.15) is 11.1 Å². The van der Waals surface area contributed by atoms with Gasteiger partial charge < -0.3 is 15.2 Å². The van der Waals surface area contributed by atoms with Gasteiger partial charge in [0.15, 0.2) is 0 Å². The average molecular weight is 347 g/mol. The first-order chi connectivity index (χ1) is 11.8. The third-order valence-electron chi connectivity index (χ3n) is 4.49. The molecule has 2 amide bonds. The standard InChI is InChI=1S/C19H29N3O3/c1-12(2)9-20-18(24)15-10-22(13(3)4)11-16(17(15)23)19(25)21-14-7-5-6-8-14/h10-14H,5-9H2,1-4H3,(H,20,24)(H,21,25). The normalized spacial score (nSPS) is 15.0. The van der Waals surface area contributed by atoms with Crippen molar-refractivity contribution in [1.82, 2.24) is 15.2 Å². The Morgan fingerprint density at radius 1 is 1.08 bits per heavy atom. The van der Waals surface area contributed by atoms with Gasteiger partial charge in [-0.3, -0.25) is 14.4 Å². The van der Waals surface area contributed by atoms with Gasteiger partial charge in [-0.25, -0.2) is 0 Å². The molecule has 1 aromatic heterocycles. The largest absolute Gasteiger partial charge is 0.352 e. The van der Waals surface area contributed by atoms with Gasteiger partial charge in [-0.15, -0.1) is 0 Å². The monoisotopic (exact) mass is 347 g/mol. The van der Waals surface area contributed by atoms with E-state index in [0.717, 1.165) is 25.7 Å². The fourth-order valence-corrected chi connectivity index (χ4v) is 2.94. The van der Waals surface area contributed by atoms with Crippen LogP contribution in [0.3, 0.4) is 0 Å². The number of aromatic nitrogens is 1. The van der Waals surface area contributed by atoms with E-state index in [1.165, 1.54) is 6.20 Å². The lowest BCUT2D eigenvalue weighted by Gasteiger charge is -2.17. The Morgan fingerprint density at radius 3 is 2.16 bits per heavy atom. The van der Waals surface area contributed by atoms with Crippen molar-refractivity contribution >= 4 is 11.8 Å². The first kappa shape index (κ1) is 19.2. The molecule has 2 rings (SSSR count). The maximum Gasteiger partial charge on any atom is 0.256 e. The highest BCUT2D eigenvalue weighted by atomic mass is 16.2. The summed E-state index contributed by atoms with van der Waals surface area (Å²) in [6.07, 6.45) is 7.17.